The van der Waals surface area contributed by atoms with Crippen LogP contribution in [0.1, 0.15) is 0 Å². The molecular formula is C18H32O16. The van der Waals surface area contributed by atoms with Gasteiger partial charge in [0.1, 0.15) is 73.2 Å². The zero-order chi connectivity index (χ0) is 25.3. The van der Waals surface area contributed by atoms with E-state index in [0.717, 1.165) is 0 Å². The molecule has 3 saturated heterocycles. The molecule has 15 atom stereocenters. The molecule has 3 rings (SSSR count). The van der Waals surface area contributed by atoms with E-state index in [0.29, 0.717) is 0 Å². The number of aliphatic hydroxyl groups excluding tert-OH is 11. The first kappa shape index (κ1) is 27.9. The van der Waals surface area contributed by atoms with E-state index in [2.05, 4.69) is 0 Å². The van der Waals surface area contributed by atoms with Crippen molar-refractivity contribution in [2.75, 3.05) is 19.8 Å². The van der Waals surface area contributed by atoms with Crippen molar-refractivity contribution in [3.63, 3.8) is 0 Å². The third-order valence-corrected chi connectivity index (χ3v) is 6.05. The zero-order valence-corrected chi connectivity index (χ0v) is 17.7. The first-order valence-electron chi connectivity index (χ1n) is 10.6. The lowest BCUT2D eigenvalue weighted by atomic mass is 9.98. The fourth-order valence-electron chi connectivity index (χ4n) is 3.84. The third kappa shape index (κ3) is 5.68. The van der Waals surface area contributed by atoms with Crippen LogP contribution in [0.5, 0.6) is 0 Å². The molecule has 16 heteroatoms. The SMILES string of the molecule is OC[C@H]1O[C@@H](OC[C@H]2O[C@@H](OC[C@H]3O[C@@H](O)[C@H](O)[C@@H](O)[C@H]3O)[C@H](O)[C@@H](O)[C@H]2O)[C@H](O)[C@@H](O)[C@H]1O. The van der Waals surface area contributed by atoms with Crippen molar-refractivity contribution in [1.82, 2.24) is 0 Å². The minimum atomic E-state index is -1.82. The maximum absolute atomic E-state index is 10.2. The van der Waals surface area contributed by atoms with Crippen LogP contribution >= 0.6 is 0 Å². The quantitative estimate of drug-likeness (QED) is 0.154. The number of aliphatic hydroxyl groups is 11. The summed E-state index contributed by atoms with van der Waals surface area (Å²) in [6.07, 6.45) is -24.4. The Morgan fingerprint density at radius 1 is 0.441 bits per heavy atom. The van der Waals surface area contributed by atoms with Crippen LogP contribution in [-0.2, 0) is 23.7 Å². The Morgan fingerprint density at radius 3 is 1.29 bits per heavy atom. The molecule has 3 aliphatic rings. The van der Waals surface area contributed by atoms with Crippen LogP contribution in [0.25, 0.3) is 0 Å². The summed E-state index contributed by atoms with van der Waals surface area (Å²) in [5.41, 5.74) is 0. The van der Waals surface area contributed by atoms with Crippen molar-refractivity contribution in [3.8, 4) is 0 Å². The monoisotopic (exact) mass is 504 g/mol. The molecule has 11 N–H and O–H groups in total. The van der Waals surface area contributed by atoms with E-state index in [4.69, 9.17) is 23.7 Å². The van der Waals surface area contributed by atoms with E-state index in [1.165, 1.54) is 0 Å². The Hall–Kier alpha value is -0.640. The van der Waals surface area contributed by atoms with Gasteiger partial charge in [-0.05, 0) is 0 Å². The van der Waals surface area contributed by atoms with Gasteiger partial charge in [-0.3, -0.25) is 0 Å². The van der Waals surface area contributed by atoms with Gasteiger partial charge in [-0.25, -0.2) is 0 Å². The summed E-state index contributed by atoms with van der Waals surface area (Å²) in [4.78, 5) is 0. The van der Waals surface area contributed by atoms with Gasteiger partial charge in [-0.15, -0.1) is 0 Å². The van der Waals surface area contributed by atoms with Crippen LogP contribution in [0.4, 0.5) is 0 Å². The second-order valence-electron chi connectivity index (χ2n) is 8.42. The van der Waals surface area contributed by atoms with Crippen LogP contribution in [0.3, 0.4) is 0 Å². The van der Waals surface area contributed by atoms with Crippen molar-refractivity contribution in [1.29, 1.82) is 0 Å². The molecule has 0 amide bonds. The third-order valence-electron chi connectivity index (χ3n) is 6.05. The van der Waals surface area contributed by atoms with Crippen molar-refractivity contribution < 1.29 is 79.9 Å². The highest BCUT2D eigenvalue weighted by molar-refractivity contribution is 4.92. The zero-order valence-electron chi connectivity index (χ0n) is 17.7. The lowest BCUT2D eigenvalue weighted by Gasteiger charge is -2.43. The summed E-state index contributed by atoms with van der Waals surface area (Å²) < 4.78 is 26.1. The molecule has 0 saturated carbocycles. The first-order valence-corrected chi connectivity index (χ1v) is 10.6. The molecule has 3 aliphatic heterocycles. The molecule has 0 bridgehead atoms. The van der Waals surface area contributed by atoms with Crippen LogP contribution in [0, 0.1) is 0 Å². The molecule has 0 spiro atoms. The van der Waals surface area contributed by atoms with Gasteiger partial charge in [0.25, 0.3) is 0 Å². The Balaban J connectivity index is 1.58. The summed E-state index contributed by atoms with van der Waals surface area (Å²) >= 11 is 0. The Kier molecular flexibility index (Phi) is 9.54. The van der Waals surface area contributed by atoms with E-state index in [1.54, 1.807) is 0 Å². The summed E-state index contributed by atoms with van der Waals surface area (Å²) in [5.74, 6) is 0. The number of rotatable bonds is 7. The van der Waals surface area contributed by atoms with Gasteiger partial charge in [0.05, 0.1) is 19.8 Å². The molecule has 0 aromatic heterocycles. The number of hydrogen-bond donors (Lipinski definition) is 11. The van der Waals surface area contributed by atoms with Crippen LogP contribution in [0.15, 0.2) is 0 Å². The summed E-state index contributed by atoms with van der Waals surface area (Å²) in [6, 6.07) is 0. The van der Waals surface area contributed by atoms with Crippen molar-refractivity contribution in [3.05, 3.63) is 0 Å². The Morgan fingerprint density at radius 2 is 0.824 bits per heavy atom. The highest BCUT2D eigenvalue weighted by Gasteiger charge is 2.48. The van der Waals surface area contributed by atoms with Gasteiger partial charge in [-0.1, -0.05) is 0 Å². The maximum Gasteiger partial charge on any atom is 0.186 e. The van der Waals surface area contributed by atoms with Crippen LogP contribution in [-0.4, -0.2) is 168 Å². The molecule has 3 fully saturated rings. The second-order valence-corrected chi connectivity index (χ2v) is 8.42. The Labute approximate surface area is 192 Å². The average molecular weight is 504 g/mol. The fourth-order valence-corrected chi connectivity index (χ4v) is 3.84. The molecular weight excluding hydrogens is 472 g/mol. The van der Waals surface area contributed by atoms with Crippen molar-refractivity contribution in [2.24, 2.45) is 0 Å². The van der Waals surface area contributed by atoms with Crippen LogP contribution < -0.4 is 0 Å². The first-order chi connectivity index (χ1) is 16.0. The molecule has 0 aliphatic carbocycles. The summed E-state index contributed by atoms with van der Waals surface area (Å²) in [5, 5.41) is 108. The van der Waals surface area contributed by atoms with E-state index >= 15 is 0 Å². The van der Waals surface area contributed by atoms with E-state index in [1.807, 2.05) is 0 Å². The van der Waals surface area contributed by atoms with Gasteiger partial charge in [-0.2, -0.15) is 0 Å². The lowest BCUT2D eigenvalue weighted by molar-refractivity contribution is -0.340. The van der Waals surface area contributed by atoms with Gasteiger partial charge in [0.15, 0.2) is 18.9 Å². The topological polar surface area (TPSA) is 269 Å². The van der Waals surface area contributed by atoms with Gasteiger partial charge >= 0.3 is 0 Å². The normalized spacial score (nSPS) is 52.5. The average Bonchev–Trinajstić information content (AvgIpc) is 2.82. The van der Waals surface area contributed by atoms with Crippen LogP contribution in [0.2, 0.25) is 0 Å². The minimum Gasteiger partial charge on any atom is -0.394 e. The van der Waals surface area contributed by atoms with E-state index in [-0.39, 0.29) is 0 Å². The van der Waals surface area contributed by atoms with E-state index in [9.17, 15) is 56.2 Å². The molecule has 0 radical (unpaired) electrons. The minimum absolute atomic E-state index is 0.570. The highest BCUT2D eigenvalue weighted by Crippen LogP contribution is 2.27. The highest BCUT2D eigenvalue weighted by atomic mass is 16.7. The van der Waals surface area contributed by atoms with Gasteiger partial charge in [0.2, 0.25) is 0 Å². The predicted octanol–water partition coefficient (Wildman–Crippen LogP) is -7.57. The summed E-state index contributed by atoms with van der Waals surface area (Å²) in [7, 11) is 0. The molecule has 200 valence electrons. The molecule has 34 heavy (non-hydrogen) atoms. The van der Waals surface area contributed by atoms with Crippen molar-refractivity contribution in [2.45, 2.75) is 92.1 Å². The largest absolute Gasteiger partial charge is 0.394 e. The number of hydrogen-bond acceptors (Lipinski definition) is 16. The Bertz CT molecular complexity index is 639. The molecule has 16 nitrogen and oxygen atoms in total. The van der Waals surface area contributed by atoms with Gasteiger partial charge in [0, 0.05) is 0 Å². The number of ether oxygens (including phenoxy) is 5. The smallest absolute Gasteiger partial charge is 0.186 e. The molecule has 0 unspecified atom stereocenters. The molecule has 3 heterocycles. The fraction of sp³-hybridized carbons (Fsp3) is 1.00. The summed E-state index contributed by atoms with van der Waals surface area (Å²) in [6.45, 7) is -1.84. The standard InChI is InChI=1S/C18H32O16/c19-1-4-7(20)11(24)14(27)17(33-4)31-3-6-9(22)12(25)15(28)18(34-6)30-2-5-8(21)10(23)13(26)16(29)32-5/h4-29H,1-3H2/t4-,5-,6-,7+,8+,9+,10+,11+,12+,13-,14-,15-,16-,17-,18-/m1/s1. The van der Waals surface area contributed by atoms with Crippen molar-refractivity contribution >= 4 is 0 Å². The molecule has 0 aromatic rings. The lowest BCUT2D eigenvalue weighted by Crippen LogP contribution is -2.62. The molecule has 0 aromatic carbocycles. The second kappa shape index (κ2) is 11.6. The van der Waals surface area contributed by atoms with E-state index < -0.39 is 112 Å². The van der Waals surface area contributed by atoms with Gasteiger partial charge < -0.3 is 79.9 Å². The maximum atomic E-state index is 10.2. The predicted molar refractivity (Wildman–Crippen MR) is 101 cm³/mol.